The lowest BCUT2D eigenvalue weighted by Crippen LogP contribution is -2.39. The third-order valence-corrected chi connectivity index (χ3v) is 6.72. The van der Waals surface area contributed by atoms with E-state index in [4.69, 9.17) is 16.3 Å². The summed E-state index contributed by atoms with van der Waals surface area (Å²) in [4.78, 5) is 19.2. The first-order valence-corrected chi connectivity index (χ1v) is 11.3. The first kappa shape index (κ1) is 22.9. The van der Waals surface area contributed by atoms with Gasteiger partial charge in [0.15, 0.2) is 6.23 Å². The molecule has 3 aromatic rings. The van der Waals surface area contributed by atoms with E-state index < -0.39 is 29.7 Å². The van der Waals surface area contributed by atoms with Gasteiger partial charge in [-0.15, -0.1) is 0 Å². The summed E-state index contributed by atoms with van der Waals surface area (Å²) >= 11 is 5.93. The number of amides is 1. The van der Waals surface area contributed by atoms with Gasteiger partial charge in [0.25, 0.3) is 5.91 Å². The molecule has 1 unspecified atom stereocenters. The van der Waals surface area contributed by atoms with Crippen LogP contribution in [0.2, 0.25) is 5.02 Å². The van der Waals surface area contributed by atoms with Crippen LogP contribution in [0.3, 0.4) is 0 Å². The van der Waals surface area contributed by atoms with E-state index in [0.29, 0.717) is 29.1 Å². The predicted molar refractivity (Wildman–Crippen MR) is 120 cm³/mol. The molecule has 2 atom stereocenters. The molecule has 5 rings (SSSR count). The standard InChI is InChI=1S/C24H24ClFN4O4/c1-24(33,14-9-28-29(2)11-14)13-5-19-21(20(26)6-13)23(34-18-7-17(31)8-18)30(22(19)32)12-16-4-3-15(25)10-27-16/h3-6,9-11,17-18,23,31,33H,7-8,12H2,1-2H3/t17-,18+,23-,24?/m1/s1. The summed E-state index contributed by atoms with van der Waals surface area (Å²) in [6, 6.07) is 6.10. The lowest BCUT2D eigenvalue weighted by Gasteiger charge is -2.36. The van der Waals surface area contributed by atoms with Gasteiger partial charge >= 0.3 is 0 Å². The molecule has 0 saturated heterocycles. The summed E-state index contributed by atoms with van der Waals surface area (Å²) in [6.45, 7) is 1.61. The van der Waals surface area contributed by atoms with Gasteiger partial charge in [-0.1, -0.05) is 11.6 Å². The first-order chi connectivity index (χ1) is 16.1. The second kappa shape index (κ2) is 8.42. The maximum Gasteiger partial charge on any atom is 0.257 e. The molecular formula is C24H24ClFN4O4. The molecule has 8 nitrogen and oxygen atoms in total. The fraction of sp³-hybridized carbons (Fsp3) is 0.375. The molecule has 34 heavy (non-hydrogen) atoms. The van der Waals surface area contributed by atoms with Gasteiger partial charge in [-0.2, -0.15) is 5.10 Å². The highest BCUT2D eigenvalue weighted by Gasteiger charge is 2.44. The molecule has 10 heteroatoms. The predicted octanol–water partition coefficient (Wildman–Crippen LogP) is 3.06. The Kier molecular flexibility index (Phi) is 5.68. The minimum Gasteiger partial charge on any atom is -0.393 e. The van der Waals surface area contributed by atoms with E-state index in [0.717, 1.165) is 0 Å². The van der Waals surface area contributed by atoms with Crippen LogP contribution in [0.25, 0.3) is 0 Å². The number of benzene rings is 1. The van der Waals surface area contributed by atoms with E-state index in [1.165, 1.54) is 41.0 Å². The molecule has 0 bridgehead atoms. The zero-order chi connectivity index (χ0) is 24.2. The van der Waals surface area contributed by atoms with Crippen LogP contribution in [0.1, 0.15) is 58.7 Å². The number of nitrogens with zero attached hydrogens (tertiary/aromatic N) is 4. The van der Waals surface area contributed by atoms with Crippen molar-refractivity contribution < 1.29 is 24.1 Å². The van der Waals surface area contributed by atoms with Crippen molar-refractivity contribution in [2.75, 3.05) is 0 Å². The second-order valence-electron chi connectivity index (χ2n) is 9.03. The molecule has 1 aliphatic heterocycles. The average Bonchev–Trinajstić information content (AvgIpc) is 3.32. The summed E-state index contributed by atoms with van der Waals surface area (Å²) in [6.07, 6.45) is 3.72. The monoisotopic (exact) mass is 486 g/mol. The molecule has 1 aliphatic carbocycles. The lowest BCUT2D eigenvalue weighted by molar-refractivity contribution is -0.144. The van der Waals surface area contributed by atoms with E-state index in [1.54, 1.807) is 25.4 Å². The summed E-state index contributed by atoms with van der Waals surface area (Å²) in [5, 5.41) is 25.4. The Balaban J connectivity index is 1.53. The summed E-state index contributed by atoms with van der Waals surface area (Å²) in [7, 11) is 1.72. The Morgan fingerprint density at radius 2 is 2.03 bits per heavy atom. The van der Waals surface area contributed by atoms with Crippen molar-refractivity contribution in [1.82, 2.24) is 19.7 Å². The Bertz CT molecular complexity index is 1240. The summed E-state index contributed by atoms with van der Waals surface area (Å²) < 4.78 is 23.2. The largest absolute Gasteiger partial charge is 0.393 e. The molecular weight excluding hydrogens is 463 g/mol. The van der Waals surface area contributed by atoms with Gasteiger partial charge in [0.2, 0.25) is 0 Å². The SMILES string of the molecule is Cn1cc(C(C)(O)c2cc(F)c3c(c2)C(=O)N(Cc2ccc(Cl)cn2)[C@@H]3O[C@H]2C[C@@H](O)C2)cn1. The number of hydrogen-bond donors (Lipinski definition) is 2. The third-order valence-electron chi connectivity index (χ3n) is 6.49. The smallest absolute Gasteiger partial charge is 0.257 e. The van der Waals surface area contributed by atoms with Crippen LogP contribution in [0.4, 0.5) is 4.39 Å². The number of carbonyl (C=O) groups excluding carboxylic acids is 1. The van der Waals surface area contributed by atoms with Crippen LogP contribution in [0.5, 0.6) is 0 Å². The van der Waals surface area contributed by atoms with E-state index in [1.807, 2.05) is 0 Å². The van der Waals surface area contributed by atoms with E-state index in [-0.39, 0.29) is 29.3 Å². The van der Waals surface area contributed by atoms with Crippen LogP contribution in [0, 0.1) is 5.82 Å². The van der Waals surface area contributed by atoms with Gasteiger partial charge in [-0.3, -0.25) is 14.5 Å². The van der Waals surface area contributed by atoms with Crippen LogP contribution in [-0.4, -0.2) is 48.0 Å². The van der Waals surface area contributed by atoms with Crippen LogP contribution in [-0.2, 0) is 23.9 Å². The van der Waals surface area contributed by atoms with E-state index >= 15 is 4.39 Å². The number of aliphatic hydroxyl groups is 2. The number of ether oxygens (including phenoxy) is 1. The van der Waals surface area contributed by atoms with Crippen molar-refractivity contribution in [3.8, 4) is 0 Å². The molecule has 1 saturated carbocycles. The van der Waals surface area contributed by atoms with Gasteiger partial charge in [0, 0.05) is 30.6 Å². The van der Waals surface area contributed by atoms with Crippen LogP contribution < -0.4 is 0 Å². The molecule has 2 aliphatic rings. The van der Waals surface area contributed by atoms with Crippen molar-refractivity contribution in [2.45, 2.75) is 50.3 Å². The van der Waals surface area contributed by atoms with Crippen molar-refractivity contribution in [3.05, 3.63) is 81.6 Å². The normalized spacial score (nSPS) is 23.5. The van der Waals surface area contributed by atoms with Crippen LogP contribution in [0.15, 0.2) is 42.9 Å². The first-order valence-electron chi connectivity index (χ1n) is 10.9. The van der Waals surface area contributed by atoms with Crippen LogP contribution >= 0.6 is 11.6 Å². The molecule has 2 N–H and O–H groups in total. The lowest BCUT2D eigenvalue weighted by atomic mass is 9.88. The highest BCUT2D eigenvalue weighted by atomic mass is 35.5. The maximum absolute atomic E-state index is 15.6. The van der Waals surface area contributed by atoms with Gasteiger partial charge in [-0.25, -0.2) is 4.39 Å². The Morgan fingerprint density at radius 3 is 2.65 bits per heavy atom. The van der Waals surface area contributed by atoms with Crippen molar-refractivity contribution >= 4 is 17.5 Å². The van der Waals surface area contributed by atoms with E-state index in [9.17, 15) is 15.0 Å². The van der Waals surface area contributed by atoms with Crippen molar-refractivity contribution in [2.24, 2.45) is 7.05 Å². The molecule has 1 aromatic carbocycles. The number of fused-ring (bicyclic) bond motifs is 1. The molecule has 1 amide bonds. The number of pyridine rings is 1. The molecule has 1 fully saturated rings. The topological polar surface area (TPSA) is 101 Å². The Morgan fingerprint density at radius 1 is 1.26 bits per heavy atom. The summed E-state index contributed by atoms with van der Waals surface area (Å²) in [5.41, 5.74) is -0.0585. The van der Waals surface area contributed by atoms with Gasteiger partial charge < -0.3 is 19.8 Å². The average molecular weight is 487 g/mol. The third kappa shape index (κ3) is 3.98. The number of halogens is 2. The fourth-order valence-corrected chi connectivity index (χ4v) is 4.50. The zero-order valence-electron chi connectivity index (χ0n) is 18.7. The summed E-state index contributed by atoms with van der Waals surface area (Å²) in [5.74, 6) is -1.08. The number of rotatable bonds is 6. The van der Waals surface area contributed by atoms with Gasteiger partial charge in [0.05, 0.1) is 41.2 Å². The number of hydrogen-bond acceptors (Lipinski definition) is 6. The number of aromatic nitrogens is 3. The number of aliphatic hydroxyl groups excluding tert-OH is 1. The number of aryl methyl sites for hydroxylation is 1. The fourth-order valence-electron chi connectivity index (χ4n) is 4.39. The highest BCUT2D eigenvalue weighted by molar-refractivity contribution is 6.30. The quantitative estimate of drug-likeness (QED) is 0.555. The number of carbonyl (C=O) groups is 1. The minimum atomic E-state index is -1.57. The van der Waals surface area contributed by atoms with Gasteiger partial charge in [-0.05, 0) is 49.6 Å². The van der Waals surface area contributed by atoms with Crippen molar-refractivity contribution in [1.29, 1.82) is 0 Å². The molecule has 2 aromatic heterocycles. The Hall–Kier alpha value is -2.85. The molecule has 0 radical (unpaired) electrons. The maximum atomic E-state index is 15.6. The minimum absolute atomic E-state index is 0.0817. The second-order valence-corrected chi connectivity index (χ2v) is 9.47. The zero-order valence-corrected chi connectivity index (χ0v) is 19.4. The Labute approximate surface area is 200 Å². The molecule has 0 spiro atoms. The van der Waals surface area contributed by atoms with E-state index in [2.05, 4.69) is 10.1 Å². The van der Waals surface area contributed by atoms with Crippen molar-refractivity contribution in [3.63, 3.8) is 0 Å². The highest BCUT2D eigenvalue weighted by Crippen LogP contribution is 2.43. The molecule has 3 heterocycles. The van der Waals surface area contributed by atoms with Gasteiger partial charge in [0.1, 0.15) is 11.4 Å². The molecule has 178 valence electrons.